The van der Waals surface area contributed by atoms with Crippen LogP contribution in [-0.4, -0.2) is 6.54 Å². The third-order valence-electron chi connectivity index (χ3n) is 2.83. The van der Waals surface area contributed by atoms with Gasteiger partial charge in [0.2, 0.25) is 0 Å². The number of hydrogen-bond acceptors (Lipinski definition) is 2. The van der Waals surface area contributed by atoms with E-state index in [4.69, 9.17) is 27.9 Å². The fourth-order valence-electron chi connectivity index (χ4n) is 1.79. The molecule has 0 unspecified atom stereocenters. The molecule has 0 spiro atoms. The lowest BCUT2D eigenvalue weighted by Gasteiger charge is -2.10. The molecule has 4 heteroatoms. The van der Waals surface area contributed by atoms with Gasteiger partial charge in [-0.3, -0.25) is 0 Å². The maximum absolute atomic E-state index is 6.26. The molecule has 0 amide bonds. The van der Waals surface area contributed by atoms with Gasteiger partial charge >= 0.3 is 0 Å². The van der Waals surface area contributed by atoms with Gasteiger partial charge in [-0.2, -0.15) is 0 Å². The molecule has 0 radical (unpaired) electrons. The van der Waals surface area contributed by atoms with Crippen LogP contribution in [0.2, 0.25) is 10.0 Å². The summed E-state index contributed by atoms with van der Waals surface area (Å²) in [6.45, 7) is 3.88. The number of ether oxygens (including phenoxy) is 1. The molecule has 106 valence electrons. The molecule has 2 rings (SSSR count). The highest BCUT2D eigenvalue weighted by Gasteiger charge is 2.05. The van der Waals surface area contributed by atoms with E-state index in [-0.39, 0.29) is 0 Å². The van der Waals surface area contributed by atoms with Gasteiger partial charge in [0.05, 0.1) is 5.02 Å². The Morgan fingerprint density at radius 1 is 1.05 bits per heavy atom. The van der Waals surface area contributed by atoms with Crippen molar-refractivity contribution in [3.05, 3.63) is 58.1 Å². The van der Waals surface area contributed by atoms with Crippen molar-refractivity contribution >= 4 is 23.2 Å². The molecule has 0 heterocycles. The van der Waals surface area contributed by atoms with Crippen molar-refractivity contribution in [2.75, 3.05) is 6.54 Å². The summed E-state index contributed by atoms with van der Waals surface area (Å²) in [6.07, 6.45) is 1.10. The molecule has 20 heavy (non-hydrogen) atoms. The summed E-state index contributed by atoms with van der Waals surface area (Å²) in [6, 6.07) is 13.0. The number of halogens is 2. The maximum Gasteiger partial charge on any atom is 0.146 e. The Labute approximate surface area is 129 Å². The van der Waals surface area contributed by atoms with E-state index in [9.17, 15) is 0 Å². The Morgan fingerprint density at radius 3 is 2.55 bits per heavy atom. The van der Waals surface area contributed by atoms with Gasteiger partial charge in [-0.1, -0.05) is 48.3 Å². The van der Waals surface area contributed by atoms with Crippen molar-refractivity contribution in [1.29, 1.82) is 0 Å². The summed E-state index contributed by atoms with van der Waals surface area (Å²) in [7, 11) is 0. The van der Waals surface area contributed by atoms with Crippen LogP contribution in [0.25, 0.3) is 0 Å². The van der Waals surface area contributed by atoms with E-state index in [1.807, 2.05) is 36.4 Å². The van der Waals surface area contributed by atoms with Crippen LogP contribution in [0.3, 0.4) is 0 Å². The van der Waals surface area contributed by atoms with E-state index in [0.717, 1.165) is 25.1 Å². The monoisotopic (exact) mass is 309 g/mol. The Kier molecular flexibility index (Phi) is 5.72. The molecule has 0 saturated heterocycles. The first-order valence-corrected chi connectivity index (χ1v) is 7.38. The van der Waals surface area contributed by atoms with E-state index in [1.165, 1.54) is 0 Å². The molecule has 0 saturated carbocycles. The summed E-state index contributed by atoms with van der Waals surface area (Å²) >= 11 is 12.3. The van der Waals surface area contributed by atoms with Crippen molar-refractivity contribution < 1.29 is 4.74 Å². The van der Waals surface area contributed by atoms with E-state index in [1.54, 1.807) is 6.07 Å². The first kappa shape index (κ1) is 15.2. The molecule has 0 aromatic heterocycles. The molecule has 0 aliphatic rings. The quantitative estimate of drug-likeness (QED) is 0.732. The third kappa shape index (κ3) is 4.14. The van der Waals surface area contributed by atoms with Crippen molar-refractivity contribution in [2.45, 2.75) is 19.9 Å². The number of hydrogen-bond donors (Lipinski definition) is 1. The molecule has 0 aliphatic heterocycles. The molecule has 0 atom stereocenters. The van der Waals surface area contributed by atoms with Crippen molar-refractivity contribution in [3.8, 4) is 11.5 Å². The molecule has 0 aliphatic carbocycles. The fraction of sp³-hybridized carbons (Fsp3) is 0.250. The van der Waals surface area contributed by atoms with Crippen molar-refractivity contribution in [3.63, 3.8) is 0 Å². The predicted molar refractivity (Wildman–Crippen MR) is 85.0 cm³/mol. The van der Waals surface area contributed by atoms with Crippen LogP contribution in [-0.2, 0) is 6.54 Å². The van der Waals surface area contributed by atoms with Crippen LogP contribution in [0.1, 0.15) is 18.9 Å². The number of nitrogens with one attached hydrogen (secondary N) is 1. The average molecular weight is 310 g/mol. The molecular weight excluding hydrogens is 293 g/mol. The molecular formula is C16H17Cl2NO. The fourth-order valence-corrected chi connectivity index (χ4v) is 2.20. The van der Waals surface area contributed by atoms with Gasteiger partial charge in [-0.25, -0.2) is 0 Å². The second-order valence-corrected chi connectivity index (χ2v) is 5.28. The minimum atomic E-state index is 0.581. The van der Waals surface area contributed by atoms with Crippen LogP contribution in [0, 0.1) is 0 Å². The zero-order chi connectivity index (χ0) is 14.4. The van der Waals surface area contributed by atoms with Gasteiger partial charge in [0.1, 0.15) is 11.5 Å². The highest BCUT2D eigenvalue weighted by molar-refractivity contribution is 6.32. The number of benzene rings is 2. The van der Waals surface area contributed by atoms with Gasteiger partial charge in [0.15, 0.2) is 0 Å². The van der Waals surface area contributed by atoms with E-state index in [0.29, 0.717) is 21.5 Å². The first-order chi connectivity index (χ1) is 9.70. The Balaban J connectivity index is 2.07. The Bertz CT molecular complexity index is 572. The largest absolute Gasteiger partial charge is 0.456 e. The average Bonchev–Trinajstić information content (AvgIpc) is 2.44. The lowest BCUT2D eigenvalue weighted by atomic mass is 10.2. The summed E-state index contributed by atoms with van der Waals surface area (Å²) in [5.74, 6) is 1.31. The smallest absolute Gasteiger partial charge is 0.146 e. The zero-order valence-corrected chi connectivity index (χ0v) is 12.8. The highest BCUT2D eigenvalue weighted by Crippen LogP contribution is 2.31. The third-order valence-corrected chi connectivity index (χ3v) is 3.50. The zero-order valence-electron chi connectivity index (χ0n) is 11.3. The molecule has 1 N–H and O–H groups in total. The predicted octanol–water partition coefficient (Wildman–Crippen LogP) is 5.29. The van der Waals surface area contributed by atoms with Crippen LogP contribution in [0.5, 0.6) is 11.5 Å². The maximum atomic E-state index is 6.26. The summed E-state index contributed by atoms with van der Waals surface area (Å²) in [5.41, 5.74) is 1.06. The molecule has 2 aromatic carbocycles. The molecule has 0 bridgehead atoms. The van der Waals surface area contributed by atoms with Crippen LogP contribution < -0.4 is 10.1 Å². The van der Waals surface area contributed by atoms with Crippen LogP contribution >= 0.6 is 23.2 Å². The summed E-state index contributed by atoms with van der Waals surface area (Å²) in [4.78, 5) is 0. The minimum absolute atomic E-state index is 0.581. The summed E-state index contributed by atoms with van der Waals surface area (Å²) < 4.78 is 5.73. The molecule has 2 nitrogen and oxygen atoms in total. The second-order valence-electron chi connectivity index (χ2n) is 4.46. The van der Waals surface area contributed by atoms with Gasteiger partial charge in [0.25, 0.3) is 0 Å². The number of para-hydroxylation sites is 1. The van der Waals surface area contributed by atoms with Gasteiger partial charge in [-0.15, -0.1) is 0 Å². The van der Waals surface area contributed by atoms with Gasteiger partial charge in [-0.05, 0) is 42.8 Å². The lowest BCUT2D eigenvalue weighted by molar-refractivity contribution is 0.482. The van der Waals surface area contributed by atoms with Crippen LogP contribution in [0.15, 0.2) is 42.5 Å². The minimum Gasteiger partial charge on any atom is -0.456 e. The first-order valence-electron chi connectivity index (χ1n) is 6.62. The Morgan fingerprint density at radius 2 is 1.85 bits per heavy atom. The van der Waals surface area contributed by atoms with Crippen molar-refractivity contribution in [2.24, 2.45) is 0 Å². The van der Waals surface area contributed by atoms with Crippen LogP contribution in [0.4, 0.5) is 0 Å². The number of rotatable bonds is 6. The summed E-state index contributed by atoms with van der Waals surface area (Å²) in [5, 5.41) is 4.60. The Hall–Kier alpha value is -1.22. The standard InChI is InChI=1S/C16H17Cl2NO/c1-2-9-19-11-12-7-8-13(10-15(12)18)20-16-6-4-3-5-14(16)17/h3-8,10,19H,2,9,11H2,1H3. The molecule has 2 aromatic rings. The van der Waals surface area contributed by atoms with Crippen molar-refractivity contribution in [1.82, 2.24) is 5.32 Å². The van der Waals surface area contributed by atoms with E-state index >= 15 is 0 Å². The van der Waals surface area contributed by atoms with E-state index in [2.05, 4.69) is 12.2 Å². The normalized spacial score (nSPS) is 10.6. The topological polar surface area (TPSA) is 21.3 Å². The second kappa shape index (κ2) is 7.53. The lowest BCUT2D eigenvalue weighted by Crippen LogP contribution is -2.13. The van der Waals surface area contributed by atoms with E-state index < -0.39 is 0 Å². The van der Waals surface area contributed by atoms with Gasteiger partial charge < -0.3 is 10.1 Å². The highest BCUT2D eigenvalue weighted by atomic mass is 35.5. The molecule has 0 fully saturated rings. The van der Waals surface area contributed by atoms with Gasteiger partial charge in [0, 0.05) is 11.6 Å². The SMILES string of the molecule is CCCNCc1ccc(Oc2ccccc2Cl)cc1Cl.